The van der Waals surface area contributed by atoms with Crippen LogP contribution in [0.5, 0.6) is 0 Å². The van der Waals surface area contributed by atoms with Crippen LogP contribution in [0, 0.1) is 5.82 Å². The molecule has 0 bridgehead atoms. The SMILES string of the molecule is O=C(NCCc1nc2ccc(F)cc2[nH]1)[C@@H]1CCCO1. The maximum atomic E-state index is 13.1. The molecule has 1 fully saturated rings. The number of rotatable bonds is 4. The summed E-state index contributed by atoms with van der Waals surface area (Å²) in [5.41, 5.74) is 1.40. The number of nitrogens with one attached hydrogen (secondary N) is 2. The molecule has 1 amide bonds. The van der Waals surface area contributed by atoms with E-state index < -0.39 is 0 Å². The predicted octanol–water partition coefficient (Wildman–Crippen LogP) is 1.54. The van der Waals surface area contributed by atoms with Crippen molar-refractivity contribution in [2.75, 3.05) is 13.2 Å². The monoisotopic (exact) mass is 277 g/mol. The smallest absolute Gasteiger partial charge is 0.249 e. The molecule has 5 nitrogen and oxygen atoms in total. The van der Waals surface area contributed by atoms with Crippen LogP contribution < -0.4 is 5.32 Å². The lowest BCUT2D eigenvalue weighted by atomic mass is 10.2. The van der Waals surface area contributed by atoms with E-state index in [9.17, 15) is 9.18 Å². The van der Waals surface area contributed by atoms with E-state index in [1.807, 2.05) is 0 Å². The summed E-state index contributed by atoms with van der Waals surface area (Å²) >= 11 is 0. The molecule has 1 aliphatic heterocycles. The maximum absolute atomic E-state index is 13.1. The van der Waals surface area contributed by atoms with Gasteiger partial charge >= 0.3 is 0 Å². The number of hydrogen-bond acceptors (Lipinski definition) is 3. The fourth-order valence-electron chi connectivity index (χ4n) is 2.36. The lowest BCUT2D eigenvalue weighted by Gasteiger charge is -2.09. The number of aromatic amines is 1. The molecule has 3 rings (SSSR count). The number of benzene rings is 1. The molecule has 106 valence electrons. The lowest BCUT2D eigenvalue weighted by Crippen LogP contribution is -2.35. The van der Waals surface area contributed by atoms with E-state index in [2.05, 4.69) is 15.3 Å². The van der Waals surface area contributed by atoms with Crippen molar-refractivity contribution in [1.82, 2.24) is 15.3 Å². The van der Waals surface area contributed by atoms with E-state index in [4.69, 9.17) is 4.74 Å². The number of ether oxygens (including phenoxy) is 1. The molecule has 0 aliphatic carbocycles. The molecule has 2 N–H and O–H groups in total. The highest BCUT2D eigenvalue weighted by molar-refractivity contribution is 5.81. The summed E-state index contributed by atoms with van der Waals surface area (Å²) < 4.78 is 18.4. The average molecular weight is 277 g/mol. The number of amides is 1. The minimum Gasteiger partial charge on any atom is -0.368 e. The van der Waals surface area contributed by atoms with Gasteiger partial charge in [-0.3, -0.25) is 4.79 Å². The Kier molecular flexibility index (Phi) is 3.64. The van der Waals surface area contributed by atoms with E-state index in [0.717, 1.165) is 24.2 Å². The van der Waals surface area contributed by atoms with Gasteiger partial charge in [0.1, 0.15) is 17.7 Å². The summed E-state index contributed by atoms with van der Waals surface area (Å²) in [4.78, 5) is 19.1. The van der Waals surface area contributed by atoms with Gasteiger partial charge in [-0.05, 0) is 31.0 Å². The molecular weight excluding hydrogens is 261 g/mol. The molecule has 1 atom stereocenters. The van der Waals surface area contributed by atoms with Crippen molar-refractivity contribution in [2.45, 2.75) is 25.4 Å². The van der Waals surface area contributed by atoms with Gasteiger partial charge < -0.3 is 15.0 Å². The highest BCUT2D eigenvalue weighted by Gasteiger charge is 2.22. The Morgan fingerprint density at radius 2 is 2.45 bits per heavy atom. The summed E-state index contributed by atoms with van der Waals surface area (Å²) in [7, 11) is 0. The first kappa shape index (κ1) is 13.1. The Morgan fingerprint density at radius 3 is 3.25 bits per heavy atom. The molecule has 0 spiro atoms. The second kappa shape index (κ2) is 5.58. The Balaban J connectivity index is 1.55. The van der Waals surface area contributed by atoms with Crippen LogP contribution in [0.15, 0.2) is 18.2 Å². The Labute approximate surface area is 115 Å². The molecule has 1 aliphatic rings. The number of H-pyrrole nitrogens is 1. The van der Waals surface area contributed by atoms with Gasteiger partial charge in [0.05, 0.1) is 11.0 Å². The second-order valence-electron chi connectivity index (χ2n) is 4.89. The summed E-state index contributed by atoms with van der Waals surface area (Å²) in [5.74, 6) is 0.377. The molecule has 2 aromatic rings. The molecule has 1 aromatic heterocycles. The first-order valence-electron chi connectivity index (χ1n) is 6.76. The first-order chi connectivity index (χ1) is 9.72. The van der Waals surface area contributed by atoms with Gasteiger partial charge in [-0.2, -0.15) is 0 Å². The van der Waals surface area contributed by atoms with Crippen LogP contribution >= 0.6 is 0 Å². The van der Waals surface area contributed by atoms with E-state index in [-0.39, 0.29) is 17.8 Å². The van der Waals surface area contributed by atoms with Crippen LogP contribution in [0.3, 0.4) is 0 Å². The molecule has 1 aromatic carbocycles. The number of hydrogen-bond donors (Lipinski definition) is 2. The van der Waals surface area contributed by atoms with Crippen LogP contribution in [0.2, 0.25) is 0 Å². The number of halogens is 1. The maximum Gasteiger partial charge on any atom is 0.249 e. The van der Waals surface area contributed by atoms with Gasteiger partial charge in [0.2, 0.25) is 5.91 Å². The zero-order valence-electron chi connectivity index (χ0n) is 11.0. The molecule has 1 saturated heterocycles. The second-order valence-corrected chi connectivity index (χ2v) is 4.89. The molecule has 0 unspecified atom stereocenters. The minimum absolute atomic E-state index is 0.0651. The highest BCUT2D eigenvalue weighted by atomic mass is 19.1. The normalized spacial score (nSPS) is 18.6. The van der Waals surface area contributed by atoms with Crippen molar-refractivity contribution >= 4 is 16.9 Å². The van der Waals surface area contributed by atoms with E-state index in [1.165, 1.54) is 12.1 Å². The Bertz CT molecular complexity index is 620. The summed E-state index contributed by atoms with van der Waals surface area (Å²) in [6.45, 7) is 1.15. The van der Waals surface area contributed by atoms with Crippen LogP contribution in [0.4, 0.5) is 4.39 Å². The summed E-state index contributed by atoms with van der Waals surface area (Å²) in [6.07, 6.45) is 2.00. The number of nitrogens with zero attached hydrogens (tertiary/aromatic N) is 1. The lowest BCUT2D eigenvalue weighted by molar-refractivity contribution is -0.129. The van der Waals surface area contributed by atoms with Gasteiger partial charge in [-0.1, -0.05) is 0 Å². The molecule has 20 heavy (non-hydrogen) atoms. The summed E-state index contributed by atoms with van der Waals surface area (Å²) in [5, 5.41) is 2.83. The van der Waals surface area contributed by atoms with E-state index in [1.54, 1.807) is 6.07 Å². The average Bonchev–Trinajstić information content (AvgIpc) is 3.06. The van der Waals surface area contributed by atoms with Crippen molar-refractivity contribution in [3.8, 4) is 0 Å². The third kappa shape index (κ3) is 2.80. The van der Waals surface area contributed by atoms with Crippen molar-refractivity contribution in [3.05, 3.63) is 29.8 Å². The van der Waals surface area contributed by atoms with Gasteiger partial charge in [-0.25, -0.2) is 9.37 Å². The molecule has 2 heterocycles. The topological polar surface area (TPSA) is 67.0 Å². The van der Waals surface area contributed by atoms with Crippen molar-refractivity contribution in [3.63, 3.8) is 0 Å². The predicted molar refractivity (Wildman–Crippen MR) is 71.7 cm³/mol. The first-order valence-corrected chi connectivity index (χ1v) is 6.76. The number of fused-ring (bicyclic) bond motifs is 1. The van der Waals surface area contributed by atoms with Crippen molar-refractivity contribution in [2.24, 2.45) is 0 Å². The van der Waals surface area contributed by atoms with Crippen molar-refractivity contribution < 1.29 is 13.9 Å². The zero-order chi connectivity index (χ0) is 13.9. The molecule has 6 heteroatoms. The van der Waals surface area contributed by atoms with E-state index >= 15 is 0 Å². The largest absolute Gasteiger partial charge is 0.368 e. The number of aromatic nitrogens is 2. The van der Waals surface area contributed by atoms with Crippen LogP contribution in [-0.2, 0) is 16.0 Å². The molecular formula is C14H16FN3O2. The molecule has 0 saturated carbocycles. The van der Waals surface area contributed by atoms with Crippen LogP contribution in [-0.4, -0.2) is 35.1 Å². The third-order valence-corrected chi connectivity index (χ3v) is 3.38. The van der Waals surface area contributed by atoms with Crippen LogP contribution in [0.1, 0.15) is 18.7 Å². The van der Waals surface area contributed by atoms with Gasteiger partial charge in [0.25, 0.3) is 0 Å². The minimum atomic E-state index is -0.306. The fraction of sp³-hybridized carbons (Fsp3) is 0.429. The van der Waals surface area contributed by atoms with E-state index in [0.29, 0.717) is 25.1 Å². The standard InChI is InChI=1S/C14H16FN3O2/c15-9-3-4-10-11(8-9)18-13(17-10)5-6-16-14(19)12-2-1-7-20-12/h3-4,8,12H,1-2,5-7H2,(H,16,19)(H,17,18)/t12-/m0/s1. The Hall–Kier alpha value is -1.95. The highest BCUT2D eigenvalue weighted by Crippen LogP contribution is 2.13. The third-order valence-electron chi connectivity index (χ3n) is 3.38. The number of carbonyl (C=O) groups is 1. The van der Waals surface area contributed by atoms with Gasteiger partial charge in [0.15, 0.2) is 0 Å². The fourth-order valence-corrected chi connectivity index (χ4v) is 2.36. The zero-order valence-corrected chi connectivity index (χ0v) is 11.0. The quantitative estimate of drug-likeness (QED) is 0.890. The van der Waals surface area contributed by atoms with Gasteiger partial charge in [0, 0.05) is 19.6 Å². The number of imidazole rings is 1. The number of carbonyl (C=O) groups excluding carboxylic acids is 1. The van der Waals surface area contributed by atoms with Gasteiger partial charge in [-0.15, -0.1) is 0 Å². The molecule has 0 radical (unpaired) electrons. The van der Waals surface area contributed by atoms with Crippen LogP contribution in [0.25, 0.3) is 11.0 Å². The summed E-state index contributed by atoms with van der Waals surface area (Å²) in [6, 6.07) is 4.43. The van der Waals surface area contributed by atoms with Crippen molar-refractivity contribution in [1.29, 1.82) is 0 Å². The Morgan fingerprint density at radius 1 is 1.55 bits per heavy atom.